The number of aliphatic hydroxyl groups is 1. The number of anilines is 2. The number of nitrogens with zero attached hydrogens (tertiary/aromatic N) is 7. The molecule has 0 saturated carbocycles. The number of aromatic nitrogens is 6. The number of rotatable bonds is 20. The van der Waals surface area contributed by atoms with Crippen molar-refractivity contribution in [3.63, 3.8) is 0 Å². The summed E-state index contributed by atoms with van der Waals surface area (Å²) in [5, 5.41) is 15.1. The van der Waals surface area contributed by atoms with E-state index in [1.807, 2.05) is 0 Å². The van der Waals surface area contributed by atoms with E-state index in [0.717, 1.165) is 84.0 Å². The van der Waals surface area contributed by atoms with Crippen LogP contribution < -0.4 is 71.0 Å². The van der Waals surface area contributed by atoms with E-state index in [4.69, 9.17) is 37.9 Å². The summed E-state index contributed by atoms with van der Waals surface area (Å²) < 4.78 is 109. The molecule has 1 fully saturated rings. The highest BCUT2D eigenvalue weighted by molar-refractivity contribution is 6.05. The molecule has 0 atom stereocenters. The summed E-state index contributed by atoms with van der Waals surface area (Å²) >= 11 is 0. The van der Waals surface area contributed by atoms with Crippen LogP contribution in [0.3, 0.4) is 0 Å². The quantitative estimate of drug-likeness (QED) is 0.0473. The molecule has 0 aliphatic carbocycles. The van der Waals surface area contributed by atoms with E-state index in [2.05, 4.69) is 25.5 Å². The Labute approximate surface area is 560 Å². The third kappa shape index (κ3) is 14.5. The number of ether oxygens (including phenoxy) is 8. The van der Waals surface area contributed by atoms with Crippen molar-refractivity contribution in [2.75, 3.05) is 76.5 Å². The van der Waals surface area contributed by atoms with Crippen molar-refractivity contribution in [1.29, 1.82) is 0 Å². The average Bonchev–Trinajstić information content (AvgIpc) is 1.52. The van der Waals surface area contributed by atoms with Crippen molar-refractivity contribution in [2.24, 2.45) is 0 Å². The molecule has 0 radical (unpaired) electrons. The average molecular weight is 1360 g/mol. The Morgan fingerprint density at radius 3 is 1.34 bits per heavy atom. The summed E-state index contributed by atoms with van der Waals surface area (Å²) in [4.78, 5) is 91.0. The second-order valence-electron chi connectivity index (χ2n) is 23.5. The van der Waals surface area contributed by atoms with Crippen molar-refractivity contribution < 1.29 is 70.2 Å². The third-order valence-electron chi connectivity index (χ3n) is 16.1. The molecule has 10 aromatic rings. The Morgan fingerprint density at radius 1 is 0.525 bits per heavy atom. The first-order valence-electron chi connectivity index (χ1n) is 31.7. The maximum Gasteiger partial charge on any atom is 0.335 e. The lowest BCUT2D eigenvalue weighted by molar-refractivity contribution is 0.101. The van der Waals surface area contributed by atoms with Gasteiger partial charge in [0.05, 0.1) is 46.4 Å². The first kappa shape index (κ1) is 67.5. The Bertz CT molecular complexity index is 4980. The van der Waals surface area contributed by atoms with Gasteiger partial charge in [-0.3, -0.25) is 38.3 Å². The zero-order chi connectivity index (χ0) is 69.6. The number of fused-ring (bicyclic) bond motifs is 6. The minimum Gasteiger partial charge on any atom is -0.489 e. The van der Waals surface area contributed by atoms with Gasteiger partial charge in [0, 0.05) is 79.1 Å². The predicted molar refractivity (Wildman–Crippen MR) is 356 cm³/mol. The van der Waals surface area contributed by atoms with Gasteiger partial charge in [0.1, 0.15) is 67.3 Å². The number of hydrogen-bond acceptors (Lipinski definition) is 18. The van der Waals surface area contributed by atoms with Crippen LogP contribution in [0.4, 0.5) is 28.9 Å². The zero-order valence-corrected chi connectivity index (χ0v) is 53.9. The molecule has 3 N–H and O–H groups in total. The lowest BCUT2D eigenvalue weighted by Gasteiger charge is -2.24. The van der Waals surface area contributed by atoms with E-state index in [9.17, 15) is 42.7 Å². The van der Waals surface area contributed by atoms with Gasteiger partial charge in [-0.15, -0.1) is 0 Å². The normalized spacial score (nSPS) is 13.3. The van der Waals surface area contributed by atoms with Gasteiger partial charge in [-0.1, -0.05) is 0 Å². The second-order valence-corrected chi connectivity index (χ2v) is 23.5. The molecule has 512 valence electrons. The van der Waals surface area contributed by atoms with Crippen molar-refractivity contribution in [3.05, 3.63) is 210 Å². The van der Waals surface area contributed by atoms with Gasteiger partial charge in [-0.05, 0) is 145 Å². The molecular weight excluding hydrogens is 1290 g/mol. The van der Waals surface area contributed by atoms with Crippen molar-refractivity contribution in [2.45, 2.75) is 59.0 Å². The summed E-state index contributed by atoms with van der Waals surface area (Å²) in [6.07, 6.45) is 8.61. The Kier molecular flexibility index (Phi) is 20.1. The molecule has 4 aromatic heterocycles. The van der Waals surface area contributed by atoms with E-state index in [0.29, 0.717) is 76.1 Å². The van der Waals surface area contributed by atoms with Crippen molar-refractivity contribution in [1.82, 2.24) is 33.1 Å². The highest BCUT2D eigenvalue weighted by Crippen LogP contribution is 2.50. The molecule has 28 heteroatoms. The Morgan fingerprint density at radius 2 is 0.939 bits per heavy atom. The van der Waals surface area contributed by atoms with Crippen LogP contribution in [0.25, 0.3) is 33.2 Å². The molecule has 0 spiro atoms. The summed E-state index contributed by atoms with van der Waals surface area (Å²) in [6.45, 7) is 11.5. The summed E-state index contributed by atoms with van der Waals surface area (Å²) in [6, 6.07) is 22.6. The number of benzene rings is 6. The van der Waals surface area contributed by atoms with Crippen LogP contribution in [0, 0.1) is 23.3 Å². The summed E-state index contributed by atoms with van der Waals surface area (Å²) in [7, 11) is 0. The van der Waals surface area contributed by atoms with E-state index in [1.54, 1.807) is 45.9 Å². The van der Waals surface area contributed by atoms with E-state index in [-0.39, 0.29) is 83.3 Å². The first-order chi connectivity index (χ1) is 47.8. The van der Waals surface area contributed by atoms with Crippen LogP contribution in [0.15, 0.2) is 153 Å². The van der Waals surface area contributed by atoms with Gasteiger partial charge in [0.2, 0.25) is 11.5 Å². The van der Waals surface area contributed by atoms with E-state index >= 15 is 8.78 Å². The van der Waals surface area contributed by atoms with Crippen molar-refractivity contribution >= 4 is 45.0 Å². The number of nitrogens with one attached hydrogen (secondary N) is 2. The van der Waals surface area contributed by atoms with Crippen LogP contribution in [-0.4, -0.2) is 116 Å². The fraction of sp³-hybridized carbons (Fsp3) is 0.268. The van der Waals surface area contributed by atoms with Crippen LogP contribution in [0.2, 0.25) is 0 Å². The molecule has 6 aromatic carbocycles. The smallest absolute Gasteiger partial charge is 0.335 e. The molecular formula is C71H65F4N9O15. The van der Waals surface area contributed by atoms with Crippen LogP contribution >= 0.6 is 0 Å². The van der Waals surface area contributed by atoms with Crippen molar-refractivity contribution in [3.8, 4) is 68.9 Å². The minimum absolute atomic E-state index is 0.00857. The Hall–Kier alpha value is -11.5. The fourth-order valence-corrected chi connectivity index (χ4v) is 11.4. The van der Waals surface area contributed by atoms with E-state index < -0.39 is 69.7 Å². The largest absolute Gasteiger partial charge is 0.489 e. The van der Waals surface area contributed by atoms with Crippen LogP contribution in [0.1, 0.15) is 79.8 Å². The molecule has 1 saturated heterocycles. The minimum atomic E-state index is -0.930. The van der Waals surface area contributed by atoms with Gasteiger partial charge in [0.15, 0.2) is 46.1 Å². The highest BCUT2D eigenvalue weighted by Gasteiger charge is 2.29. The summed E-state index contributed by atoms with van der Waals surface area (Å²) in [5.41, 5.74) is -2.89. The van der Waals surface area contributed by atoms with Crippen LogP contribution in [-0.2, 0) is 0 Å². The molecule has 2 amide bonds. The number of carbonyl (C=O) groups is 2. The molecule has 7 heterocycles. The van der Waals surface area contributed by atoms with Gasteiger partial charge in [0.25, 0.3) is 22.9 Å². The number of carbonyl (C=O) groups excluding carboxylic acids is 2. The third-order valence-corrected chi connectivity index (χ3v) is 16.1. The highest BCUT2D eigenvalue weighted by atomic mass is 19.1. The second kappa shape index (κ2) is 29.5. The number of hydrogen-bond donors (Lipinski definition) is 3. The standard InChI is InChI=1S/C38H37F2N5O7.C33H28F2N4O8/c1-23(2)44-22-27(37(47)45(38(44)48)26-9-6-24(39)7-10-26)36(46)42-25-8-11-30(28(40)20-25)52-31-12-13-41-29-21-32(34-35(33(29)31)51-19-18-50-34)49-17-5-16-43-14-3-4-15-43;1-18(2)38-17-22(32(42)39(33(38)43)21-6-3-19(34)4-7-21)31(41)37-20-5-8-25(23(35)15-20)47-26-9-10-36-24-16-27(44-12-11-40)29-30(28(24)26)46-14-13-45-29/h6-13,20-23H,3-5,14-19H2,1-2H3,(H,42,46);3-10,15-18,40H,11-14H2,1-2H3,(H,37,41). The maximum absolute atomic E-state index is 15.6. The number of amides is 2. The van der Waals surface area contributed by atoms with E-state index in [1.165, 1.54) is 89.0 Å². The van der Waals surface area contributed by atoms with Crippen LogP contribution in [0.5, 0.6) is 57.5 Å². The number of likely N-dealkylation sites (tertiary alicyclic amines) is 1. The molecule has 3 aliphatic rings. The predicted octanol–water partition coefficient (Wildman–Crippen LogP) is 10.7. The molecule has 0 bridgehead atoms. The monoisotopic (exact) mass is 1360 g/mol. The molecule has 13 rings (SSSR count). The topological polar surface area (TPSA) is 269 Å². The van der Waals surface area contributed by atoms with Gasteiger partial charge in [-0.2, -0.15) is 0 Å². The molecule has 0 unspecified atom stereocenters. The SMILES string of the molecule is CC(C)n1cc(C(=O)Nc2ccc(Oc3ccnc4cc(OCCCN5CCCC5)c5c(c34)OCCO5)c(F)c2)c(=O)n(-c2ccc(F)cc2)c1=O.CC(C)n1cc(C(=O)Nc2ccc(Oc3ccnc4cc(OCCO)c5c(c34)OCCO5)c(F)c2)c(=O)n(-c2ccc(F)cc2)c1=O. The number of aliphatic hydroxyl groups excluding tert-OH is 1. The maximum atomic E-state index is 15.6. The number of halogens is 4. The molecule has 24 nitrogen and oxygen atoms in total. The van der Waals surface area contributed by atoms with Gasteiger partial charge < -0.3 is 58.5 Å². The molecule has 3 aliphatic heterocycles. The molecule has 99 heavy (non-hydrogen) atoms. The number of pyridine rings is 2. The van der Waals surface area contributed by atoms with Gasteiger partial charge in [-0.25, -0.2) is 36.3 Å². The zero-order valence-electron chi connectivity index (χ0n) is 53.9. The first-order valence-corrected chi connectivity index (χ1v) is 31.7. The summed E-state index contributed by atoms with van der Waals surface area (Å²) in [5.74, 6) is -2.14. The Balaban J connectivity index is 0.000000189. The van der Waals surface area contributed by atoms with Gasteiger partial charge >= 0.3 is 11.4 Å². The lowest BCUT2D eigenvalue weighted by Crippen LogP contribution is -2.42. The lowest BCUT2D eigenvalue weighted by atomic mass is 10.1. The fourth-order valence-electron chi connectivity index (χ4n) is 11.4.